The van der Waals surface area contributed by atoms with Crippen LogP contribution in [-0.4, -0.2) is 40.1 Å². The van der Waals surface area contributed by atoms with E-state index in [9.17, 15) is 9.90 Å². The Balaban J connectivity index is 1.48. The molecule has 0 saturated carbocycles. The highest BCUT2D eigenvalue weighted by atomic mass is 35.5. The fraction of sp³-hybridized carbons (Fsp3) is 0.400. The molecule has 0 radical (unpaired) electrons. The molecule has 0 bridgehead atoms. The number of carbonyl (C=O) groups is 1. The minimum atomic E-state index is -0.315. The molecule has 25 heavy (non-hydrogen) atoms. The average Bonchev–Trinajstić information content (AvgIpc) is 2.66. The van der Waals surface area contributed by atoms with E-state index in [0.29, 0.717) is 23.7 Å². The molecule has 1 aliphatic rings. The van der Waals surface area contributed by atoms with Crippen LogP contribution in [0, 0.1) is 5.92 Å². The van der Waals surface area contributed by atoms with Crippen LogP contribution in [0.2, 0.25) is 5.02 Å². The zero-order valence-corrected chi connectivity index (χ0v) is 14.9. The van der Waals surface area contributed by atoms with E-state index in [4.69, 9.17) is 11.6 Å². The minimum absolute atomic E-state index is 0.0350. The van der Waals surface area contributed by atoms with Gasteiger partial charge in [-0.15, -0.1) is 0 Å². The first-order valence-electron chi connectivity index (χ1n) is 8.75. The Morgan fingerprint density at radius 3 is 2.64 bits per heavy atom. The third-order valence-corrected chi connectivity index (χ3v) is 5.10. The number of aromatic nitrogens is 1. The molecular weight excluding hydrogens is 336 g/mol. The zero-order chi connectivity index (χ0) is 17.6. The molecule has 1 fully saturated rings. The van der Waals surface area contributed by atoms with Gasteiger partial charge < -0.3 is 10.0 Å². The maximum atomic E-state index is 12.5. The third-order valence-electron chi connectivity index (χ3n) is 4.89. The number of likely N-dealkylation sites (tertiary alicyclic amines) is 1. The van der Waals surface area contributed by atoms with Crippen molar-refractivity contribution in [3.05, 3.63) is 64.9 Å². The van der Waals surface area contributed by atoms with Gasteiger partial charge in [-0.2, -0.15) is 0 Å². The van der Waals surface area contributed by atoms with Gasteiger partial charge in [0.25, 0.3) is 5.91 Å². The van der Waals surface area contributed by atoms with Crippen molar-refractivity contribution in [1.82, 2.24) is 9.88 Å². The SMILES string of the molecule is O=C(c1cncc(Cl)c1)N1CCC(C(O)CCc2ccccc2)CC1. The first-order chi connectivity index (χ1) is 12.1. The molecule has 1 saturated heterocycles. The van der Waals surface area contributed by atoms with E-state index in [0.717, 1.165) is 25.7 Å². The number of benzene rings is 1. The van der Waals surface area contributed by atoms with Crippen LogP contribution in [-0.2, 0) is 6.42 Å². The molecule has 0 spiro atoms. The summed E-state index contributed by atoms with van der Waals surface area (Å²) in [5.41, 5.74) is 1.78. The molecule has 2 heterocycles. The molecule has 1 N–H and O–H groups in total. The standard InChI is InChI=1S/C20H23ClN2O2/c21-18-12-17(13-22-14-18)20(25)23-10-8-16(9-11-23)19(24)7-6-15-4-2-1-3-5-15/h1-5,12-14,16,19,24H,6-11H2. The largest absolute Gasteiger partial charge is 0.393 e. The lowest BCUT2D eigenvalue weighted by Crippen LogP contribution is -2.41. The second-order valence-corrected chi connectivity index (χ2v) is 7.05. The number of piperidine rings is 1. The number of aryl methyl sites for hydroxylation is 1. The Morgan fingerprint density at radius 1 is 1.24 bits per heavy atom. The first kappa shape index (κ1) is 17.9. The van der Waals surface area contributed by atoms with Crippen LogP contribution in [0.1, 0.15) is 35.2 Å². The molecule has 132 valence electrons. The average molecular weight is 359 g/mol. The van der Waals surface area contributed by atoms with E-state index in [1.54, 1.807) is 12.3 Å². The number of aliphatic hydroxyl groups excluding tert-OH is 1. The number of nitrogens with zero attached hydrogens (tertiary/aromatic N) is 2. The molecule has 1 atom stereocenters. The first-order valence-corrected chi connectivity index (χ1v) is 9.13. The van der Waals surface area contributed by atoms with Gasteiger partial charge in [-0.3, -0.25) is 9.78 Å². The van der Waals surface area contributed by atoms with Crippen molar-refractivity contribution in [3.63, 3.8) is 0 Å². The highest BCUT2D eigenvalue weighted by molar-refractivity contribution is 6.30. The van der Waals surface area contributed by atoms with Gasteiger partial charge >= 0.3 is 0 Å². The molecule has 3 rings (SSSR count). The van der Waals surface area contributed by atoms with Crippen molar-refractivity contribution in [2.75, 3.05) is 13.1 Å². The number of aliphatic hydroxyl groups is 1. The van der Waals surface area contributed by atoms with Crippen LogP contribution in [0.4, 0.5) is 0 Å². The van der Waals surface area contributed by atoms with Crippen molar-refractivity contribution in [2.45, 2.75) is 31.8 Å². The van der Waals surface area contributed by atoms with Crippen LogP contribution in [0.3, 0.4) is 0 Å². The lowest BCUT2D eigenvalue weighted by molar-refractivity contribution is 0.0436. The number of pyridine rings is 1. The van der Waals surface area contributed by atoms with Gasteiger partial charge in [-0.05, 0) is 43.2 Å². The van der Waals surface area contributed by atoms with Crippen LogP contribution in [0.15, 0.2) is 48.8 Å². The van der Waals surface area contributed by atoms with Crippen LogP contribution < -0.4 is 0 Å². The Bertz CT molecular complexity index is 700. The van der Waals surface area contributed by atoms with E-state index in [1.807, 2.05) is 23.1 Å². The molecule has 1 amide bonds. The van der Waals surface area contributed by atoms with E-state index < -0.39 is 0 Å². The summed E-state index contributed by atoms with van der Waals surface area (Å²) >= 11 is 5.91. The van der Waals surface area contributed by atoms with Crippen LogP contribution >= 0.6 is 11.6 Å². The Labute approximate surface area is 153 Å². The summed E-state index contributed by atoms with van der Waals surface area (Å²) in [6.45, 7) is 1.33. The van der Waals surface area contributed by atoms with E-state index >= 15 is 0 Å². The van der Waals surface area contributed by atoms with Gasteiger partial charge in [-0.25, -0.2) is 0 Å². The number of hydrogen-bond donors (Lipinski definition) is 1. The second-order valence-electron chi connectivity index (χ2n) is 6.61. The zero-order valence-electron chi connectivity index (χ0n) is 14.1. The fourth-order valence-corrected chi connectivity index (χ4v) is 3.57. The summed E-state index contributed by atoms with van der Waals surface area (Å²) in [5.74, 6) is 0.220. The summed E-state index contributed by atoms with van der Waals surface area (Å²) in [6, 6.07) is 11.9. The monoisotopic (exact) mass is 358 g/mol. The molecule has 0 aliphatic carbocycles. The summed E-state index contributed by atoms with van der Waals surface area (Å²) in [4.78, 5) is 18.3. The predicted molar refractivity (Wildman–Crippen MR) is 98.6 cm³/mol. The third kappa shape index (κ3) is 4.80. The van der Waals surface area contributed by atoms with Crippen LogP contribution in [0.5, 0.6) is 0 Å². The van der Waals surface area contributed by atoms with Crippen molar-refractivity contribution < 1.29 is 9.90 Å². The molecule has 1 aromatic carbocycles. The number of carbonyl (C=O) groups excluding carboxylic acids is 1. The summed E-state index contributed by atoms with van der Waals surface area (Å²) < 4.78 is 0. The van der Waals surface area contributed by atoms with Gasteiger partial charge in [0.1, 0.15) is 0 Å². The lowest BCUT2D eigenvalue weighted by atomic mass is 9.88. The number of rotatable bonds is 5. The van der Waals surface area contributed by atoms with Gasteiger partial charge in [0, 0.05) is 25.5 Å². The topological polar surface area (TPSA) is 53.4 Å². The van der Waals surface area contributed by atoms with Crippen molar-refractivity contribution >= 4 is 17.5 Å². The molecule has 4 nitrogen and oxygen atoms in total. The highest BCUT2D eigenvalue weighted by Gasteiger charge is 2.27. The van der Waals surface area contributed by atoms with Crippen molar-refractivity contribution in [1.29, 1.82) is 0 Å². The van der Waals surface area contributed by atoms with Gasteiger partial charge in [0.2, 0.25) is 0 Å². The number of hydrogen-bond acceptors (Lipinski definition) is 3. The summed E-state index contributed by atoms with van der Waals surface area (Å²) in [7, 11) is 0. The second kappa shape index (κ2) is 8.45. The van der Waals surface area contributed by atoms with Crippen molar-refractivity contribution in [3.8, 4) is 0 Å². The number of amides is 1. The smallest absolute Gasteiger partial charge is 0.255 e. The van der Waals surface area contributed by atoms with Crippen LogP contribution in [0.25, 0.3) is 0 Å². The van der Waals surface area contributed by atoms with E-state index in [2.05, 4.69) is 17.1 Å². The maximum Gasteiger partial charge on any atom is 0.255 e. The van der Waals surface area contributed by atoms with E-state index in [1.165, 1.54) is 11.8 Å². The molecule has 1 aliphatic heterocycles. The quantitative estimate of drug-likeness (QED) is 0.888. The molecule has 2 aromatic rings. The summed E-state index contributed by atoms with van der Waals surface area (Å²) in [6.07, 6.45) is 6.06. The number of halogens is 1. The maximum absolute atomic E-state index is 12.5. The molecular formula is C20H23ClN2O2. The fourth-order valence-electron chi connectivity index (χ4n) is 3.39. The molecule has 1 unspecified atom stereocenters. The normalized spacial score (nSPS) is 16.6. The predicted octanol–water partition coefficient (Wildman–Crippen LogP) is 3.58. The van der Waals surface area contributed by atoms with Gasteiger partial charge in [0.05, 0.1) is 16.7 Å². The Kier molecular flexibility index (Phi) is 6.05. The van der Waals surface area contributed by atoms with Gasteiger partial charge in [0.15, 0.2) is 0 Å². The Hall–Kier alpha value is -1.91. The van der Waals surface area contributed by atoms with Gasteiger partial charge in [-0.1, -0.05) is 41.9 Å². The van der Waals surface area contributed by atoms with E-state index in [-0.39, 0.29) is 17.9 Å². The molecule has 5 heteroatoms. The van der Waals surface area contributed by atoms with Crippen molar-refractivity contribution in [2.24, 2.45) is 5.92 Å². The Morgan fingerprint density at radius 2 is 1.96 bits per heavy atom. The summed E-state index contributed by atoms with van der Waals surface area (Å²) in [5, 5.41) is 11.0. The minimum Gasteiger partial charge on any atom is -0.393 e. The molecule has 1 aromatic heterocycles. The lowest BCUT2D eigenvalue weighted by Gasteiger charge is -2.34. The highest BCUT2D eigenvalue weighted by Crippen LogP contribution is 2.25.